The molecule has 0 spiro atoms. The van der Waals surface area contributed by atoms with Gasteiger partial charge in [0.05, 0.1) is 6.10 Å². The molecule has 0 rings (SSSR count). The lowest BCUT2D eigenvalue weighted by Gasteiger charge is -1.90. The van der Waals surface area contributed by atoms with Gasteiger partial charge in [-0.3, -0.25) is 0 Å². The van der Waals surface area contributed by atoms with Crippen LogP contribution in [-0.4, -0.2) is 11.2 Å². The second-order valence-electron chi connectivity index (χ2n) is 0.924. The Labute approximate surface area is 36.8 Å². The number of hydrogen-bond donors (Lipinski definition) is 1. The predicted molar refractivity (Wildman–Crippen MR) is 22.0 cm³/mol. The average molecular weight is 77.1 g/mol. The molecule has 0 radical (unpaired) electrons. The molecule has 0 saturated heterocycles. The van der Waals surface area contributed by atoms with E-state index in [0.29, 0.717) is 0 Å². The molecule has 0 aromatic rings. The highest BCUT2D eigenvalue weighted by Gasteiger charge is 1.81. The summed E-state index contributed by atoms with van der Waals surface area (Å²) in [4.78, 5) is 0. The predicted octanol–water partition coefficient (Wildman–Crippen LogP) is 0.777. The van der Waals surface area contributed by atoms with Gasteiger partial charge >= 0.3 is 0 Å². The molecule has 0 aromatic carbocycles. The fourth-order valence-electron chi connectivity index (χ4n) is 0. The molecular formula is C4H10O. The molecule has 0 fully saturated rings. The molecule has 0 aliphatic rings. The van der Waals surface area contributed by atoms with Crippen molar-refractivity contribution in [2.24, 2.45) is 0 Å². The lowest BCUT2D eigenvalue weighted by Crippen LogP contribution is -1.93. The van der Waals surface area contributed by atoms with E-state index in [1.807, 2.05) is 0 Å². The standard InChI is InChI=1S/C4H10O/c1-3-4(2)5/h4-5H,3H2,1-2H3/i2D3. The van der Waals surface area contributed by atoms with Crippen molar-refractivity contribution in [1.29, 1.82) is 0 Å². The highest BCUT2D eigenvalue weighted by atomic mass is 16.3. The largest absolute Gasteiger partial charge is 0.393 e. The number of hydrogen-bond acceptors (Lipinski definition) is 1. The van der Waals surface area contributed by atoms with E-state index in [9.17, 15) is 0 Å². The third-order valence-electron chi connectivity index (χ3n) is 0.387. The Hall–Kier alpha value is -0.0400. The van der Waals surface area contributed by atoms with Crippen LogP contribution in [-0.2, 0) is 0 Å². The summed E-state index contributed by atoms with van der Waals surface area (Å²) in [6, 6.07) is 0. The zero-order valence-corrected chi connectivity index (χ0v) is 3.23. The van der Waals surface area contributed by atoms with Gasteiger partial charge in [-0.1, -0.05) is 6.92 Å². The van der Waals surface area contributed by atoms with Crippen LogP contribution in [0.2, 0.25) is 0 Å². The monoisotopic (exact) mass is 77.1 g/mol. The summed E-state index contributed by atoms with van der Waals surface area (Å²) in [5.74, 6) is 0. The fraction of sp³-hybridized carbons (Fsp3) is 1.00. The van der Waals surface area contributed by atoms with E-state index in [4.69, 9.17) is 9.22 Å². The van der Waals surface area contributed by atoms with Crippen LogP contribution in [0.4, 0.5) is 0 Å². The summed E-state index contributed by atoms with van der Waals surface area (Å²) in [5, 5.41) is 8.63. The molecule has 1 heteroatoms. The van der Waals surface area contributed by atoms with Gasteiger partial charge in [-0.05, 0) is 13.3 Å². The van der Waals surface area contributed by atoms with Crippen LogP contribution in [0.1, 0.15) is 24.3 Å². The SMILES string of the molecule is [2H]C([2H])([2H])C(O)CC. The van der Waals surface area contributed by atoms with Gasteiger partial charge in [-0.15, -0.1) is 0 Å². The van der Waals surface area contributed by atoms with Gasteiger partial charge in [0.2, 0.25) is 0 Å². The zero-order valence-electron chi connectivity index (χ0n) is 6.23. The van der Waals surface area contributed by atoms with E-state index in [-0.39, 0.29) is 6.42 Å². The van der Waals surface area contributed by atoms with Crippen molar-refractivity contribution in [3.63, 3.8) is 0 Å². The molecular weight excluding hydrogens is 64.0 g/mol. The molecule has 0 bridgehead atoms. The van der Waals surface area contributed by atoms with Crippen molar-refractivity contribution >= 4 is 0 Å². The number of aliphatic hydroxyl groups excluding tert-OH is 1. The minimum Gasteiger partial charge on any atom is -0.393 e. The van der Waals surface area contributed by atoms with Crippen molar-refractivity contribution < 1.29 is 9.22 Å². The smallest absolute Gasteiger partial charge is 0.0509 e. The van der Waals surface area contributed by atoms with E-state index >= 15 is 0 Å². The molecule has 1 nitrogen and oxygen atoms in total. The summed E-state index contributed by atoms with van der Waals surface area (Å²) < 4.78 is 19.9. The fourth-order valence-corrected chi connectivity index (χ4v) is 0. The van der Waals surface area contributed by atoms with Gasteiger partial charge in [0.15, 0.2) is 0 Å². The average Bonchev–Trinajstić information content (AvgIpc) is 1.62. The van der Waals surface area contributed by atoms with Crippen molar-refractivity contribution in [2.75, 3.05) is 0 Å². The van der Waals surface area contributed by atoms with E-state index in [1.165, 1.54) is 0 Å². The van der Waals surface area contributed by atoms with Crippen LogP contribution in [0.15, 0.2) is 0 Å². The highest BCUT2D eigenvalue weighted by molar-refractivity contribution is 4.34. The maximum Gasteiger partial charge on any atom is 0.0509 e. The zero-order chi connectivity index (χ0) is 6.78. The Kier molecular flexibility index (Phi) is 0.711. The summed E-state index contributed by atoms with van der Waals surface area (Å²) in [6.07, 6.45) is -0.862. The van der Waals surface area contributed by atoms with Gasteiger partial charge in [-0.2, -0.15) is 0 Å². The molecule has 0 aliphatic carbocycles. The van der Waals surface area contributed by atoms with Gasteiger partial charge < -0.3 is 5.11 Å². The molecule has 5 heavy (non-hydrogen) atoms. The van der Waals surface area contributed by atoms with Crippen LogP contribution in [0.3, 0.4) is 0 Å². The van der Waals surface area contributed by atoms with E-state index in [2.05, 4.69) is 0 Å². The Balaban J connectivity index is 3.62. The first-order valence-electron chi connectivity index (χ1n) is 3.16. The van der Waals surface area contributed by atoms with E-state index in [0.717, 1.165) is 0 Å². The molecule has 1 unspecified atom stereocenters. The third kappa shape index (κ3) is 3.96. The normalized spacial score (nSPS) is 26.4. The van der Waals surface area contributed by atoms with Crippen LogP contribution in [0, 0.1) is 0 Å². The first-order valence-corrected chi connectivity index (χ1v) is 1.66. The lowest BCUT2D eigenvalue weighted by atomic mass is 10.3. The summed E-state index contributed by atoms with van der Waals surface area (Å²) in [6.45, 7) is -0.550. The van der Waals surface area contributed by atoms with Crippen molar-refractivity contribution in [3.05, 3.63) is 0 Å². The van der Waals surface area contributed by atoms with Crippen molar-refractivity contribution in [2.45, 2.75) is 26.3 Å². The molecule has 0 amide bonds. The molecule has 0 aromatic heterocycles. The second-order valence-corrected chi connectivity index (χ2v) is 0.924. The van der Waals surface area contributed by atoms with Gasteiger partial charge in [0.1, 0.15) is 0 Å². The Morgan fingerprint density at radius 3 is 2.80 bits per heavy atom. The van der Waals surface area contributed by atoms with Gasteiger partial charge in [0.25, 0.3) is 0 Å². The summed E-state index contributed by atoms with van der Waals surface area (Å²) >= 11 is 0. The summed E-state index contributed by atoms with van der Waals surface area (Å²) in [5.41, 5.74) is 0. The summed E-state index contributed by atoms with van der Waals surface area (Å²) in [7, 11) is 0. The van der Waals surface area contributed by atoms with Crippen LogP contribution < -0.4 is 0 Å². The van der Waals surface area contributed by atoms with Crippen molar-refractivity contribution in [1.82, 2.24) is 0 Å². The van der Waals surface area contributed by atoms with Crippen molar-refractivity contribution in [3.8, 4) is 0 Å². The van der Waals surface area contributed by atoms with Crippen LogP contribution >= 0.6 is 0 Å². The minimum absolute atomic E-state index is 0.288. The van der Waals surface area contributed by atoms with Crippen LogP contribution in [0.25, 0.3) is 0 Å². The number of rotatable bonds is 1. The Morgan fingerprint density at radius 1 is 2.20 bits per heavy atom. The molecule has 0 aliphatic heterocycles. The molecule has 0 heterocycles. The first-order chi connectivity index (χ1) is 3.48. The first kappa shape index (κ1) is 1.61. The highest BCUT2D eigenvalue weighted by Crippen LogP contribution is 1.81. The maximum atomic E-state index is 8.63. The lowest BCUT2D eigenvalue weighted by molar-refractivity contribution is 0.191. The Morgan fingerprint density at radius 2 is 2.80 bits per heavy atom. The van der Waals surface area contributed by atoms with E-state index < -0.39 is 13.0 Å². The molecule has 1 N–H and O–H groups in total. The maximum absolute atomic E-state index is 8.63. The Bertz CT molecular complexity index is 68.2. The molecule has 0 saturated carbocycles. The van der Waals surface area contributed by atoms with E-state index in [1.54, 1.807) is 6.92 Å². The van der Waals surface area contributed by atoms with Gasteiger partial charge in [-0.25, -0.2) is 0 Å². The molecule has 32 valence electrons. The second kappa shape index (κ2) is 2.21. The minimum atomic E-state index is -2.19. The van der Waals surface area contributed by atoms with Gasteiger partial charge in [0, 0.05) is 4.11 Å². The third-order valence-corrected chi connectivity index (χ3v) is 0.387. The van der Waals surface area contributed by atoms with Crippen LogP contribution in [0.5, 0.6) is 0 Å². The topological polar surface area (TPSA) is 20.2 Å². The number of aliphatic hydroxyl groups is 1. The quantitative estimate of drug-likeness (QED) is 0.490. The molecule has 1 atom stereocenters.